The highest BCUT2D eigenvalue weighted by atomic mass is 19.2. The molecule has 8 aromatic carbocycles. The van der Waals surface area contributed by atoms with Crippen molar-refractivity contribution in [3.63, 3.8) is 0 Å². The second-order valence-corrected chi connectivity index (χ2v) is 15.8. The largest absolute Gasteiger partial charge is 0.635 e. The Morgan fingerprint density at radius 1 is 0.231 bits per heavy atom. The molecular weight excluding hydrogens is 1120 g/mol. The highest BCUT2D eigenvalue weighted by Crippen LogP contribution is 2.62. The zero-order chi connectivity index (χ0) is 57.8. The summed E-state index contributed by atoms with van der Waals surface area (Å²) in [6, 6.07) is 6.31. The SMILES string of the molecule is OB(O)OC(c1ccccc1)(c1ccccc1)c1c(-c2c(F)c(F)c(F)c(F)c2F)c(-c2c(F)c(F)c(F)c(F)c2F)c(-c2c(F)c(F)c(F)c(F)c2F)c(-c2c(F)c(F)c(F)c(F)c2F)c1-c1c(F)c(F)c(F)c(F)c1F. The summed E-state index contributed by atoms with van der Waals surface area (Å²) in [5.74, 6) is -88.8. The third-order valence-electron chi connectivity index (χ3n) is 11.8. The molecule has 8 aromatic rings. The van der Waals surface area contributed by atoms with Crippen LogP contribution in [-0.4, -0.2) is 17.4 Å². The molecule has 0 heterocycles. The second-order valence-electron chi connectivity index (χ2n) is 15.8. The van der Waals surface area contributed by atoms with Crippen molar-refractivity contribution < 1.29 is 124 Å². The minimum Gasteiger partial charge on any atom is -0.402 e. The molecule has 8 rings (SSSR count). The molecule has 0 aliphatic rings. The van der Waals surface area contributed by atoms with Crippen LogP contribution >= 0.6 is 0 Å². The monoisotopic (exact) mass is 1130 g/mol. The van der Waals surface area contributed by atoms with Gasteiger partial charge in [-0.3, -0.25) is 0 Å². The van der Waals surface area contributed by atoms with E-state index >= 15 is 105 Å². The van der Waals surface area contributed by atoms with Gasteiger partial charge in [0.15, 0.2) is 116 Å². The number of hydrogen-bond acceptors (Lipinski definition) is 3. The van der Waals surface area contributed by atoms with Crippen LogP contribution < -0.4 is 0 Å². The lowest BCUT2D eigenvalue weighted by molar-refractivity contribution is 0.0823. The van der Waals surface area contributed by atoms with Crippen molar-refractivity contribution in [2.75, 3.05) is 0 Å². The Kier molecular flexibility index (Phi) is 14.5. The predicted molar refractivity (Wildman–Crippen MR) is 217 cm³/mol. The second kappa shape index (κ2) is 20.1. The minimum absolute atomic E-state index is 0.439. The quantitative estimate of drug-likeness (QED) is 0.0472. The van der Waals surface area contributed by atoms with Crippen molar-refractivity contribution in [2.45, 2.75) is 5.60 Å². The Morgan fingerprint density at radius 2 is 0.397 bits per heavy atom. The predicted octanol–water partition coefficient (Wildman–Crippen LogP) is 14.8. The summed E-state index contributed by atoms with van der Waals surface area (Å²) in [4.78, 5) is 0. The van der Waals surface area contributed by atoms with E-state index in [0.29, 0.717) is 48.5 Å². The van der Waals surface area contributed by atoms with Crippen molar-refractivity contribution in [1.29, 1.82) is 0 Å². The van der Waals surface area contributed by atoms with Crippen LogP contribution in [-0.2, 0) is 10.3 Å². The van der Waals surface area contributed by atoms with Crippen LogP contribution in [0.1, 0.15) is 16.7 Å². The van der Waals surface area contributed by atoms with E-state index in [2.05, 4.69) is 0 Å². The first-order valence-electron chi connectivity index (χ1n) is 20.5. The molecule has 0 saturated carbocycles. The Bertz CT molecular complexity index is 3530. The van der Waals surface area contributed by atoms with Crippen molar-refractivity contribution >= 4 is 7.32 Å². The third-order valence-corrected chi connectivity index (χ3v) is 11.8. The Labute approximate surface area is 415 Å². The molecule has 78 heavy (non-hydrogen) atoms. The van der Waals surface area contributed by atoms with Gasteiger partial charge in [0.05, 0.1) is 27.8 Å². The fourth-order valence-corrected chi connectivity index (χ4v) is 8.63. The number of benzene rings is 8. The van der Waals surface area contributed by atoms with E-state index in [-0.39, 0.29) is 0 Å². The molecule has 0 aromatic heterocycles. The molecule has 0 spiro atoms. The van der Waals surface area contributed by atoms with Crippen LogP contribution in [0.25, 0.3) is 55.6 Å². The molecule has 0 fully saturated rings. The maximum Gasteiger partial charge on any atom is 0.635 e. The van der Waals surface area contributed by atoms with Gasteiger partial charge in [0.25, 0.3) is 0 Å². The Balaban J connectivity index is 2.08. The van der Waals surface area contributed by atoms with Crippen LogP contribution in [0, 0.1) is 145 Å². The van der Waals surface area contributed by atoms with Crippen LogP contribution in [0.3, 0.4) is 0 Å². The molecule has 0 aliphatic heterocycles. The molecule has 3 nitrogen and oxygen atoms in total. The Morgan fingerprint density at radius 3 is 0.590 bits per heavy atom. The van der Waals surface area contributed by atoms with Crippen molar-refractivity contribution in [3.8, 4) is 55.6 Å². The lowest BCUT2D eigenvalue weighted by Gasteiger charge is -2.41. The summed E-state index contributed by atoms with van der Waals surface area (Å²) in [6.07, 6.45) is 0. The average Bonchev–Trinajstić information content (AvgIpc) is 3.49. The molecule has 0 saturated heterocycles. The standard InChI is InChI=1S/C49H12BF25O3/c51-24-18(25(52)35(62)44(71)34(24)61)13-14(19-26(53)36(63)45(72)37(64)27(19)54)16(21-30(57)40(67)47(74)41(68)31(21)58)23(49(78-50(76)77,11-7-3-1-4-8-11)12-9-5-2-6-10-12)17(22-32(59)42(69)48(75)43(70)33(22)60)15(13)20-28(55)38(65)46(73)39(66)29(20)56/h1-10,76-77H. The van der Waals surface area contributed by atoms with Crippen LogP contribution in [0.15, 0.2) is 60.7 Å². The number of halogens is 25. The summed E-state index contributed by atoms with van der Waals surface area (Å²) in [6.45, 7) is 0. The first-order valence-corrected chi connectivity index (χ1v) is 20.5. The molecule has 29 heteroatoms. The topological polar surface area (TPSA) is 49.7 Å². The highest BCUT2D eigenvalue weighted by Gasteiger charge is 2.52. The van der Waals surface area contributed by atoms with E-state index in [4.69, 9.17) is 4.65 Å². The first kappa shape index (κ1) is 56.2. The van der Waals surface area contributed by atoms with E-state index in [1.807, 2.05) is 0 Å². The maximum atomic E-state index is 17.1. The molecule has 0 radical (unpaired) electrons. The van der Waals surface area contributed by atoms with E-state index in [0.717, 1.165) is 12.1 Å². The first-order chi connectivity index (χ1) is 36.5. The molecule has 0 atom stereocenters. The minimum atomic E-state index is -4.42. The zero-order valence-electron chi connectivity index (χ0n) is 36.6. The summed E-state index contributed by atoms with van der Waals surface area (Å²) >= 11 is 0. The van der Waals surface area contributed by atoms with Crippen LogP contribution in [0.5, 0.6) is 0 Å². The zero-order valence-corrected chi connectivity index (χ0v) is 36.6. The van der Waals surface area contributed by atoms with Crippen molar-refractivity contribution in [3.05, 3.63) is 223 Å². The van der Waals surface area contributed by atoms with Crippen LogP contribution in [0.2, 0.25) is 0 Å². The van der Waals surface area contributed by atoms with Crippen LogP contribution in [0.4, 0.5) is 110 Å². The fraction of sp³-hybridized carbons (Fsp3) is 0.0204. The van der Waals surface area contributed by atoms with Gasteiger partial charge in [-0.1, -0.05) is 60.7 Å². The van der Waals surface area contributed by atoms with Gasteiger partial charge >= 0.3 is 7.32 Å². The summed E-state index contributed by atoms with van der Waals surface area (Å²) in [5.41, 5.74) is -43.0. The summed E-state index contributed by atoms with van der Waals surface area (Å²) in [5, 5.41) is 21.5. The number of hydrogen-bond donors (Lipinski definition) is 2. The molecule has 0 bridgehead atoms. The molecule has 0 unspecified atom stereocenters. The molecule has 0 amide bonds. The van der Waals surface area contributed by atoms with E-state index in [1.165, 1.54) is 0 Å². The van der Waals surface area contributed by atoms with Crippen molar-refractivity contribution in [1.82, 2.24) is 0 Å². The lowest BCUT2D eigenvalue weighted by Crippen LogP contribution is -2.40. The van der Waals surface area contributed by atoms with Gasteiger partial charge in [-0.05, 0) is 11.1 Å². The van der Waals surface area contributed by atoms with Gasteiger partial charge < -0.3 is 14.7 Å². The van der Waals surface area contributed by atoms with E-state index in [1.54, 1.807) is 0 Å². The molecular formula is C49H12BF25O3. The van der Waals surface area contributed by atoms with Gasteiger partial charge in [-0.15, -0.1) is 0 Å². The van der Waals surface area contributed by atoms with Gasteiger partial charge in [0.1, 0.15) is 5.60 Å². The van der Waals surface area contributed by atoms with Crippen molar-refractivity contribution in [2.24, 2.45) is 0 Å². The van der Waals surface area contributed by atoms with E-state index < -0.39 is 231 Å². The summed E-state index contributed by atoms with van der Waals surface area (Å²) < 4.78 is 409. The number of rotatable bonds is 10. The van der Waals surface area contributed by atoms with Gasteiger partial charge in [-0.25, -0.2) is 110 Å². The molecule has 2 N–H and O–H groups in total. The van der Waals surface area contributed by atoms with Gasteiger partial charge in [-0.2, -0.15) is 0 Å². The normalized spacial score (nSPS) is 11.8. The smallest absolute Gasteiger partial charge is 0.402 e. The van der Waals surface area contributed by atoms with Gasteiger partial charge in [0.2, 0.25) is 29.1 Å². The highest BCUT2D eigenvalue weighted by molar-refractivity contribution is 6.33. The average molecular weight is 1130 g/mol. The fourth-order valence-electron chi connectivity index (χ4n) is 8.63. The summed E-state index contributed by atoms with van der Waals surface area (Å²) in [7, 11) is -3.89. The Hall–Kier alpha value is -8.05. The molecule has 404 valence electrons. The lowest BCUT2D eigenvalue weighted by atomic mass is 9.67. The third kappa shape index (κ3) is 8.02. The van der Waals surface area contributed by atoms with Gasteiger partial charge in [0, 0.05) is 33.4 Å². The van der Waals surface area contributed by atoms with E-state index in [9.17, 15) is 14.4 Å². The maximum absolute atomic E-state index is 17.1. The molecule has 0 aliphatic carbocycles.